The number of carboxylic acid groups (broad SMARTS) is 1. The summed E-state index contributed by atoms with van der Waals surface area (Å²) in [5, 5.41) is 9.04. The first-order chi connectivity index (χ1) is 7.11. The smallest absolute Gasteiger partial charge is 0.328 e. The molecule has 0 aliphatic heterocycles. The van der Waals surface area contributed by atoms with E-state index in [1.807, 2.05) is 0 Å². The topological polar surface area (TPSA) is 46.5 Å². The zero-order valence-corrected chi connectivity index (χ0v) is 9.13. The molecule has 1 N–H and O–H groups in total. The maximum Gasteiger partial charge on any atom is 0.328 e. The molecule has 1 aromatic carbocycles. The molecule has 1 aromatic rings. The number of aliphatic carboxylic acids is 1. The van der Waals surface area contributed by atoms with E-state index in [1.165, 1.54) is 6.08 Å². The Kier molecular flexibility index (Phi) is 4.46. The van der Waals surface area contributed by atoms with Crippen molar-refractivity contribution < 1.29 is 14.6 Å². The van der Waals surface area contributed by atoms with Crippen LogP contribution in [0.1, 0.15) is 0 Å². The Morgan fingerprint density at radius 1 is 1.47 bits per heavy atom. The third-order valence-electron chi connectivity index (χ3n) is 1.51. The number of rotatable bonds is 4. The van der Waals surface area contributed by atoms with Crippen molar-refractivity contribution in [1.29, 1.82) is 0 Å². The predicted molar refractivity (Wildman–Crippen MR) is 58.7 cm³/mol. The van der Waals surface area contributed by atoms with Gasteiger partial charge in [0, 0.05) is 6.08 Å². The molecule has 0 bridgehead atoms. The number of benzene rings is 1. The second-order valence-corrected chi connectivity index (χ2v) is 3.39. The van der Waals surface area contributed by atoms with Gasteiger partial charge in [0.05, 0.1) is 5.02 Å². The van der Waals surface area contributed by atoms with E-state index in [1.54, 1.807) is 18.2 Å². The number of carbonyl (C=O) groups is 1. The molecule has 5 heteroatoms. The van der Waals surface area contributed by atoms with Crippen LogP contribution in [-0.4, -0.2) is 17.7 Å². The zero-order chi connectivity index (χ0) is 11.3. The molecule has 0 saturated carbocycles. The third kappa shape index (κ3) is 3.81. The molecule has 0 aliphatic rings. The van der Waals surface area contributed by atoms with Crippen molar-refractivity contribution in [3.05, 3.63) is 40.4 Å². The monoisotopic (exact) mass is 246 g/mol. The minimum absolute atomic E-state index is 0.131. The fourth-order valence-corrected chi connectivity index (χ4v) is 1.23. The lowest BCUT2D eigenvalue weighted by atomic mass is 10.3. The lowest BCUT2D eigenvalue weighted by Crippen LogP contribution is -1.96. The van der Waals surface area contributed by atoms with Gasteiger partial charge in [-0.05, 0) is 18.2 Å². The highest BCUT2D eigenvalue weighted by Crippen LogP contribution is 2.31. The zero-order valence-electron chi connectivity index (χ0n) is 7.61. The molecule has 1 rings (SSSR count). The molecule has 80 valence electrons. The molecule has 0 radical (unpaired) electrons. The van der Waals surface area contributed by atoms with Crippen LogP contribution in [0.4, 0.5) is 0 Å². The SMILES string of the molecule is O=C(O)/C=C/COc1cccc(Cl)c1Cl. The summed E-state index contributed by atoms with van der Waals surface area (Å²) in [5.74, 6) is -0.588. The van der Waals surface area contributed by atoms with Crippen LogP contribution in [0.2, 0.25) is 10.0 Å². The van der Waals surface area contributed by atoms with Gasteiger partial charge in [-0.15, -0.1) is 0 Å². The summed E-state index contributed by atoms with van der Waals surface area (Å²) in [5.41, 5.74) is 0. The number of hydrogen-bond donors (Lipinski definition) is 1. The maximum atomic E-state index is 10.1. The third-order valence-corrected chi connectivity index (χ3v) is 2.31. The summed E-state index contributed by atoms with van der Waals surface area (Å²) in [4.78, 5) is 10.1. The van der Waals surface area contributed by atoms with E-state index >= 15 is 0 Å². The van der Waals surface area contributed by atoms with Gasteiger partial charge in [-0.2, -0.15) is 0 Å². The van der Waals surface area contributed by atoms with E-state index in [9.17, 15) is 4.79 Å². The van der Waals surface area contributed by atoms with E-state index in [0.717, 1.165) is 6.08 Å². The van der Waals surface area contributed by atoms with Crippen LogP contribution in [-0.2, 0) is 4.79 Å². The van der Waals surface area contributed by atoms with Gasteiger partial charge in [-0.1, -0.05) is 29.3 Å². The minimum Gasteiger partial charge on any atom is -0.488 e. The van der Waals surface area contributed by atoms with E-state index < -0.39 is 5.97 Å². The highest BCUT2D eigenvalue weighted by molar-refractivity contribution is 6.42. The van der Waals surface area contributed by atoms with Gasteiger partial charge in [-0.3, -0.25) is 0 Å². The van der Waals surface area contributed by atoms with Crippen LogP contribution in [0, 0.1) is 0 Å². The molecule has 0 atom stereocenters. The van der Waals surface area contributed by atoms with E-state index in [4.69, 9.17) is 33.0 Å². The standard InChI is InChI=1S/C10H8Cl2O3/c11-7-3-1-4-8(10(7)12)15-6-2-5-9(13)14/h1-5H,6H2,(H,13,14)/b5-2+. The molecule has 0 fully saturated rings. The molecule has 0 heterocycles. The van der Waals surface area contributed by atoms with Crippen molar-refractivity contribution in [2.75, 3.05) is 6.61 Å². The molecule has 0 spiro atoms. The molecular formula is C10H8Cl2O3. The minimum atomic E-state index is -1.02. The van der Waals surface area contributed by atoms with Crippen molar-refractivity contribution in [2.24, 2.45) is 0 Å². The van der Waals surface area contributed by atoms with Gasteiger partial charge in [-0.25, -0.2) is 4.79 Å². The van der Waals surface area contributed by atoms with Crippen molar-refractivity contribution >= 4 is 29.2 Å². The first-order valence-corrected chi connectivity index (χ1v) is 4.83. The van der Waals surface area contributed by atoms with Crippen LogP contribution < -0.4 is 4.74 Å². The number of hydrogen-bond acceptors (Lipinski definition) is 2. The van der Waals surface area contributed by atoms with Crippen molar-refractivity contribution in [3.63, 3.8) is 0 Å². The molecular weight excluding hydrogens is 239 g/mol. The largest absolute Gasteiger partial charge is 0.488 e. The van der Waals surface area contributed by atoms with Crippen LogP contribution in [0.5, 0.6) is 5.75 Å². The Labute approximate surface area is 96.9 Å². The van der Waals surface area contributed by atoms with Gasteiger partial charge in [0.15, 0.2) is 0 Å². The van der Waals surface area contributed by atoms with Gasteiger partial charge < -0.3 is 9.84 Å². The van der Waals surface area contributed by atoms with E-state index in [2.05, 4.69) is 0 Å². The van der Waals surface area contributed by atoms with Gasteiger partial charge >= 0.3 is 5.97 Å². The lowest BCUT2D eigenvalue weighted by molar-refractivity contribution is -0.131. The lowest BCUT2D eigenvalue weighted by Gasteiger charge is -2.05. The number of ether oxygens (including phenoxy) is 1. The van der Waals surface area contributed by atoms with Crippen molar-refractivity contribution in [1.82, 2.24) is 0 Å². The second-order valence-electron chi connectivity index (χ2n) is 2.60. The Balaban J connectivity index is 2.58. The number of halogens is 2. The van der Waals surface area contributed by atoms with Gasteiger partial charge in [0.2, 0.25) is 0 Å². The van der Waals surface area contributed by atoms with Crippen molar-refractivity contribution in [2.45, 2.75) is 0 Å². The molecule has 0 amide bonds. The molecule has 0 saturated heterocycles. The summed E-state index contributed by atoms with van der Waals surface area (Å²) in [6, 6.07) is 5.00. The fourth-order valence-electron chi connectivity index (χ4n) is 0.882. The molecule has 0 aromatic heterocycles. The summed E-state index contributed by atoms with van der Waals surface area (Å²) in [7, 11) is 0. The van der Waals surface area contributed by atoms with E-state index in [-0.39, 0.29) is 6.61 Å². The summed E-state index contributed by atoms with van der Waals surface area (Å²) in [6.45, 7) is 0.131. The Hall–Kier alpha value is -1.19. The number of carboxylic acids is 1. The summed E-state index contributed by atoms with van der Waals surface area (Å²) >= 11 is 11.6. The molecule has 0 aliphatic carbocycles. The van der Waals surface area contributed by atoms with E-state index in [0.29, 0.717) is 15.8 Å². The highest BCUT2D eigenvalue weighted by atomic mass is 35.5. The normalized spacial score (nSPS) is 10.5. The Bertz CT molecular complexity index is 388. The van der Waals surface area contributed by atoms with Crippen LogP contribution in [0.3, 0.4) is 0 Å². The van der Waals surface area contributed by atoms with Crippen molar-refractivity contribution in [3.8, 4) is 5.75 Å². The molecule has 0 unspecified atom stereocenters. The average molecular weight is 247 g/mol. The quantitative estimate of drug-likeness (QED) is 0.832. The van der Waals surface area contributed by atoms with Crippen LogP contribution >= 0.6 is 23.2 Å². The summed E-state index contributed by atoms with van der Waals surface area (Å²) in [6.07, 6.45) is 2.37. The molecule has 15 heavy (non-hydrogen) atoms. The van der Waals surface area contributed by atoms with Crippen LogP contribution in [0.15, 0.2) is 30.4 Å². The fraction of sp³-hybridized carbons (Fsp3) is 0.100. The highest BCUT2D eigenvalue weighted by Gasteiger charge is 2.03. The second kappa shape index (κ2) is 5.63. The predicted octanol–water partition coefficient (Wildman–Crippen LogP) is 3.01. The molecule has 3 nitrogen and oxygen atoms in total. The first-order valence-electron chi connectivity index (χ1n) is 4.07. The Morgan fingerprint density at radius 3 is 2.87 bits per heavy atom. The van der Waals surface area contributed by atoms with Gasteiger partial charge in [0.25, 0.3) is 0 Å². The average Bonchev–Trinajstić information content (AvgIpc) is 2.18. The first kappa shape index (κ1) is 11.9. The summed E-state index contributed by atoms with van der Waals surface area (Å²) < 4.78 is 5.20. The Morgan fingerprint density at radius 2 is 2.20 bits per heavy atom. The van der Waals surface area contributed by atoms with Gasteiger partial charge in [0.1, 0.15) is 17.4 Å². The maximum absolute atomic E-state index is 10.1. The van der Waals surface area contributed by atoms with Crippen LogP contribution in [0.25, 0.3) is 0 Å².